The largest absolute Gasteiger partial charge is 0.324 e. The average Bonchev–Trinajstić information content (AvgIpc) is 2.28. The first-order valence-electron chi connectivity index (χ1n) is 5.34. The lowest BCUT2D eigenvalue weighted by molar-refractivity contribution is 0.811. The van der Waals surface area contributed by atoms with E-state index in [4.69, 9.17) is 5.73 Å². The standard InChI is InChI=1S/C12H12BrN3OS/c1-7(14)9-3-2-8(6-10(9)13)18-12-15-5-4-11(17)16-12/h2-7H,14H2,1H3,(H,15,16,17)/t7-/m1/s1. The van der Waals surface area contributed by atoms with Crippen LogP contribution in [0.1, 0.15) is 18.5 Å². The molecule has 0 saturated carbocycles. The average molecular weight is 326 g/mol. The molecule has 6 heteroatoms. The molecule has 0 saturated heterocycles. The maximum Gasteiger partial charge on any atom is 0.251 e. The zero-order chi connectivity index (χ0) is 13.1. The second kappa shape index (κ2) is 5.69. The summed E-state index contributed by atoms with van der Waals surface area (Å²) in [6.45, 7) is 1.93. The fourth-order valence-electron chi connectivity index (χ4n) is 1.46. The van der Waals surface area contributed by atoms with Gasteiger partial charge in [0.1, 0.15) is 0 Å². The van der Waals surface area contributed by atoms with E-state index in [2.05, 4.69) is 25.9 Å². The molecule has 0 spiro atoms. The molecule has 3 N–H and O–H groups in total. The minimum atomic E-state index is -0.154. The number of hydrogen-bond acceptors (Lipinski definition) is 4. The molecule has 4 nitrogen and oxygen atoms in total. The summed E-state index contributed by atoms with van der Waals surface area (Å²) in [5.41, 5.74) is 6.74. The Morgan fingerprint density at radius 2 is 2.22 bits per heavy atom. The molecule has 0 fully saturated rings. The van der Waals surface area contributed by atoms with Gasteiger partial charge in [0.05, 0.1) is 0 Å². The Morgan fingerprint density at radius 3 is 2.83 bits per heavy atom. The summed E-state index contributed by atoms with van der Waals surface area (Å²) in [5, 5.41) is 0.572. The van der Waals surface area contributed by atoms with Crippen molar-refractivity contribution >= 4 is 27.7 Å². The van der Waals surface area contributed by atoms with E-state index < -0.39 is 0 Å². The first-order valence-corrected chi connectivity index (χ1v) is 6.95. The summed E-state index contributed by atoms with van der Waals surface area (Å²) < 4.78 is 0.959. The Bertz CT molecular complexity index is 612. The van der Waals surface area contributed by atoms with Crippen molar-refractivity contribution in [1.29, 1.82) is 0 Å². The van der Waals surface area contributed by atoms with Crippen LogP contribution in [0.25, 0.3) is 0 Å². The molecule has 0 aliphatic heterocycles. The lowest BCUT2D eigenvalue weighted by atomic mass is 10.1. The van der Waals surface area contributed by atoms with E-state index in [1.54, 1.807) is 0 Å². The fourth-order valence-corrected chi connectivity index (χ4v) is 3.15. The fraction of sp³-hybridized carbons (Fsp3) is 0.167. The lowest BCUT2D eigenvalue weighted by Gasteiger charge is -2.09. The number of aromatic nitrogens is 2. The third-order valence-corrected chi connectivity index (χ3v) is 3.90. The molecule has 1 aromatic carbocycles. The van der Waals surface area contributed by atoms with Crippen molar-refractivity contribution in [2.75, 3.05) is 0 Å². The van der Waals surface area contributed by atoms with E-state index in [1.807, 2.05) is 25.1 Å². The SMILES string of the molecule is C[C@@H](N)c1ccc(Sc2nccc(=O)[nH]2)cc1Br. The topological polar surface area (TPSA) is 71.8 Å². The second-order valence-corrected chi connectivity index (χ2v) is 5.73. The molecule has 0 bridgehead atoms. The molecule has 0 unspecified atom stereocenters. The van der Waals surface area contributed by atoms with Gasteiger partial charge in [0.15, 0.2) is 5.16 Å². The number of nitrogens with zero attached hydrogens (tertiary/aromatic N) is 1. The number of benzene rings is 1. The van der Waals surface area contributed by atoms with Crippen molar-refractivity contribution in [3.05, 3.63) is 50.9 Å². The van der Waals surface area contributed by atoms with E-state index in [9.17, 15) is 4.79 Å². The number of nitrogens with one attached hydrogen (secondary N) is 1. The van der Waals surface area contributed by atoms with Crippen molar-refractivity contribution < 1.29 is 0 Å². The molecular formula is C12H12BrN3OS. The second-order valence-electron chi connectivity index (χ2n) is 3.81. The molecule has 0 amide bonds. The third kappa shape index (κ3) is 3.22. The van der Waals surface area contributed by atoms with Crippen LogP contribution in [-0.4, -0.2) is 9.97 Å². The van der Waals surface area contributed by atoms with E-state index >= 15 is 0 Å². The van der Waals surface area contributed by atoms with Gasteiger partial charge in [-0.15, -0.1) is 0 Å². The predicted octanol–water partition coefficient (Wildman–Crippen LogP) is 2.70. The van der Waals surface area contributed by atoms with Gasteiger partial charge in [-0.1, -0.05) is 33.8 Å². The van der Waals surface area contributed by atoms with E-state index in [0.717, 1.165) is 14.9 Å². The van der Waals surface area contributed by atoms with Crippen molar-refractivity contribution in [1.82, 2.24) is 9.97 Å². The van der Waals surface area contributed by atoms with Gasteiger partial charge < -0.3 is 10.7 Å². The number of H-pyrrole nitrogens is 1. The Morgan fingerprint density at radius 1 is 1.44 bits per heavy atom. The maximum atomic E-state index is 11.2. The Balaban J connectivity index is 2.25. The summed E-state index contributed by atoms with van der Waals surface area (Å²) in [6.07, 6.45) is 1.49. The van der Waals surface area contributed by atoms with Gasteiger partial charge in [-0.3, -0.25) is 4.79 Å². The summed E-state index contributed by atoms with van der Waals surface area (Å²) in [7, 11) is 0. The van der Waals surface area contributed by atoms with Gasteiger partial charge in [-0.05, 0) is 24.6 Å². The monoisotopic (exact) mass is 325 g/mol. The van der Waals surface area contributed by atoms with Crippen LogP contribution in [0.4, 0.5) is 0 Å². The molecule has 1 heterocycles. The first kappa shape index (κ1) is 13.3. The summed E-state index contributed by atoms with van der Waals surface area (Å²) in [6, 6.07) is 7.27. The minimum Gasteiger partial charge on any atom is -0.324 e. The highest BCUT2D eigenvalue weighted by Gasteiger charge is 2.07. The van der Waals surface area contributed by atoms with Gasteiger partial charge in [0.2, 0.25) is 0 Å². The number of rotatable bonds is 3. The number of halogens is 1. The summed E-state index contributed by atoms with van der Waals surface area (Å²) in [4.78, 5) is 18.9. The Labute approximate surface area is 117 Å². The van der Waals surface area contributed by atoms with Crippen LogP contribution in [0.2, 0.25) is 0 Å². The molecule has 0 aliphatic carbocycles. The highest BCUT2D eigenvalue weighted by Crippen LogP contribution is 2.30. The summed E-state index contributed by atoms with van der Waals surface area (Å²) in [5.74, 6) is 0. The third-order valence-electron chi connectivity index (χ3n) is 2.32. The zero-order valence-corrected chi connectivity index (χ0v) is 12.1. The van der Waals surface area contributed by atoms with Crippen LogP contribution >= 0.6 is 27.7 Å². The van der Waals surface area contributed by atoms with Gasteiger partial charge in [-0.25, -0.2) is 4.98 Å². The van der Waals surface area contributed by atoms with Gasteiger partial charge in [0.25, 0.3) is 5.56 Å². The predicted molar refractivity (Wildman–Crippen MR) is 75.7 cm³/mol. The van der Waals surface area contributed by atoms with Crippen molar-refractivity contribution in [3.8, 4) is 0 Å². The highest BCUT2D eigenvalue weighted by atomic mass is 79.9. The zero-order valence-electron chi connectivity index (χ0n) is 9.68. The molecule has 2 rings (SSSR count). The van der Waals surface area contributed by atoms with Gasteiger partial charge in [0, 0.05) is 27.7 Å². The van der Waals surface area contributed by atoms with E-state index in [0.29, 0.717) is 5.16 Å². The molecule has 18 heavy (non-hydrogen) atoms. The van der Waals surface area contributed by atoms with Crippen LogP contribution < -0.4 is 11.3 Å². The molecule has 94 valence electrons. The van der Waals surface area contributed by atoms with Crippen molar-refractivity contribution in [2.24, 2.45) is 5.73 Å². The normalized spacial score (nSPS) is 12.4. The van der Waals surface area contributed by atoms with Crippen LogP contribution in [0.15, 0.2) is 49.8 Å². The maximum absolute atomic E-state index is 11.2. The van der Waals surface area contributed by atoms with Crippen molar-refractivity contribution in [3.63, 3.8) is 0 Å². The lowest BCUT2D eigenvalue weighted by Crippen LogP contribution is -2.06. The quantitative estimate of drug-likeness (QED) is 0.851. The molecule has 2 aromatic rings. The summed E-state index contributed by atoms with van der Waals surface area (Å²) >= 11 is 4.89. The van der Waals surface area contributed by atoms with Crippen LogP contribution in [0.3, 0.4) is 0 Å². The van der Waals surface area contributed by atoms with Gasteiger partial charge in [-0.2, -0.15) is 0 Å². The molecule has 0 radical (unpaired) electrons. The van der Waals surface area contributed by atoms with Crippen LogP contribution in [-0.2, 0) is 0 Å². The molecule has 0 aliphatic rings. The Hall–Kier alpha value is -1.11. The number of aromatic amines is 1. The minimum absolute atomic E-state index is 0.0203. The molecular weight excluding hydrogens is 314 g/mol. The van der Waals surface area contributed by atoms with Gasteiger partial charge >= 0.3 is 0 Å². The molecule has 1 atom stereocenters. The molecule has 1 aromatic heterocycles. The highest BCUT2D eigenvalue weighted by molar-refractivity contribution is 9.10. The number of nitrogens with two attached hydrogens (primary N) is 1. The smallest absolute Gasteiger partial charge is 0.251 e. The van der Waals surface area contributed by atoms with E-state index in [-0.39, 0.29) is 11.6 Å². The van der Waals surface area contributed by atoms with E-state index in [1.165, 1.54) is 24.0 Å². The van der Waals surface area contributed by atoms with Crippen LogP contribution in [0.5, 0.6) is 0 Å². The number of hydrogen-bond donors (Lipinski definition) is 2. The Kier molecular flexibility index (Phi) is 4.21. The first-order chi connectivity index (χ1) is 8.56. The van der Waals surface area contributed by atoms with Crippen molar-refractivity contribution in [2.45, 2.75) is 23.0 Å². The van der Waals surface area contributed by atoms with Crippen LogP contribution in [0, 0.1) is 0 Å².